The molecule has 12 heavy (non-hydrogen) atoms. The van der Waals surface area contributed by atoms with Gasteiger partial charge in [0.05, 0.1) is 12.0 Å². The average Bonchev–Trinajstić information content (AvgIpc) is 1.99. The van der Waals surface area contributed by atoms with E-state index in [1.807, 2.05) is 0 Å². The van der Waals surface area contributed by atoms with E-state index >= 15 is 0 Å². The molecule has 1 aliphatic rings. The van der Waals surface area contributed by atoms with Crippen molar-refractivity contribution in [2.75, 3.05) is 7.11 Å². The Morgan fingerprint density at radius 1 is 1.75 bits per heavy atom. The number of hydrogen-bond donors (Lipinski definition) is 2. The Balaban J connectivity index is 2.61. The predicted molar refractivity (Wildman–Crippen MR) is 42.7 cm³/mol. The molecular weight excluding hydrogens is 182 g/mol. The molecular formula is C6H11NO4S. The number of ether oxygens (including phenoxy) is 1. The first-order chi connectivity index (χ1) is 5.57. The number of rotatable bonds is 3. The molecule has 1 amide bonds. The normalized spacial score (nSPS) is 33.4. The Hall–Kier alpha value is -0.460. The van der Waals surface area contributed by atoms with Crippen LogP contribution in [0.5, 0.6) is 0 Å². The molecule has 6 heteroatoms. The van der Waals surface area contributed by atoms with E-state index in [1.54, 1.807) is 6.92 Å². The monoisotopic (exact) mass is 193 g/mol. The SMILES string of the molecule is COC(C)[C@H]1C(=O)NC1S(=O)O. The van der Waals surface area contributed by atoms with Crippen LogP contribution in [0.3, 0.4) is 0 Å². The zero-order valence-corrected chi connectivity index (χ0v) is 7.63. The van der Waals surface area contributed by atoms with Crippen LogP contribution < -0.4 is 5.32 Å². The predicted octanol–water partition coefficient (Wildman–Crippen LogP) is -0.685. The van der Waals surface area contributed by atoms with Crippen molar-refractivity contribution in [2.45, 2.75) is 18.4 Å². The van der Waals surface area contributed by atoms with Crippen LogP contribution >= 0.6 is 0 Å². The molecule has 0 aromatic rings. The summed E-state index contributed by atoms with van der Waals surface area (Å²) in [6.45, 7) is 1.70. The van der Waals surface area contributed by atoms with Crippen LogP contribution in [0.1, 0.15) is 6.92 Å². The van der Waals surface area contributed by atoms with Crippen molar-refractivity contribution in [2.24, 2.45) is 5.92 Å². The number of hydrogen-bond acceptors (Lipinski definition) is 3. The van der Waals surface area contributed by atoms with Gasteiger partial charge in [-0.1, -0.05) is 0 Å². The van der Waals surface area contributed by atoms with E-state index < -0.39 is 22.4 Å². The molecule has 70 valence electrons. The Morgan fingerprint density at radius 2 is 2.33 bits per heavy atom. The Kier molecular flexibility index (Phi) is 2.81. The summed E-state index contributed by atoms with van der Waals surface area (Å²) in [7, 11) is 1.47. The van der Waals surface area contributed by atoms with Crippen LogP contribution in [0, 0.1) is 5.92 Å². The zero-order valence-electron chi connectivity index (χ0n) is 6.81. The van der Waals surface area contributed by atoms with Crippen molar-refractivity contribution in [1.82, 2.24) is 5.32 Å². The maximum absolute atomic E-state index is 10.9. The highest BCUT2D eigenvalue weighted by molar-refractivity contribution is 7.80. The summed E-state index contributed by atoms with van der Waals surface area (Å²) in [4.78, 5) is 10.9. The average molecular weight is 193 g/mol. The summed E-state index contributed by atoms with van der Waals surface area (Å²) in [6.07, 6.45) is -0.320. The van der Waals surface area contributed by atoms with Gasteiger partial charge in [0, 0.05) is 7.11 Å². The highest BCUT2D eigenvalue weighted by Gasteiger charge is 2.46. The number of carbonyl (C=O) groups excluding carboxylic acids is 1. The highest BCUT2D eigenvalue weighted by Crippen LogP contribution is 2.22. The summed E-state index contributed by atoms with van der Waals surface area (Å²) in [5.41, 5.74) is 0. The van der Waals surface area contributed by atoms with Crippen LogP contribution in [-0.4, -0.2) is 33.3 Å². The summed E-state index contributed by atoms with van der Waals surface area (Å²) < 4.78 is 24.2. The Labute approximate surface area is 72.8 Å². The maximum Gasteiger partial charge on any atom is 0.229 e. The van der Waals surface area contributed by atoms with Gasteiger partial charge in [-0.3, -0.25) is 4.79 Å². The molecule has 1 saturated heterocycles. The quantitative estimate of drug-likeness (QED) is 0.460. The Morgan fingerprint density at radius 3 is 2.67 bits per heavy atom. The van der Waals surface area contributed by atoms with E-state index in [2.05, 4.69) is 5.32 Å². The molecule has 3 unspecified atom stereocenters. The first-order valence-corrected chi connectivity index (χ1v) is 4.67. The standard InChI is InChI=1S/C6H11NO4S/c1-3(11-2)4-5(8)7-6(4)12(9)10/h3-4,6H,1-2H3,(H,7,8)(H,9,10)/t3?,4-,6?/m0/s1. The minimum atomic E-state index is -2.01. The zero-order chi connectivity index (χ0) is 9.30. The number of methoxy groups -OCH3 is 1. The molecule has 0 radical (unpaired) electrons. The molecule has 0 bridgehead atoms. The lowest BCUT2D eigenvalue weighted by atomic mass is 9.96. The van der Waals surface area contributed by atoms with E-state index in [1.165, 1.54) is 7.11 Å². The highest BCUT2D eigenvalue weighted by atomic mass is 32.2. The van der Waals surface area contributed by atoms with Crippen LogP contribution in [-0.2, 0) is 20.6 Å². The lowest BCUT2D eigenvalue weighted by Gasteiger charge is -2.36. The van der Waals surface area contributed by atoms with E-state index in [4.69, 9.17) is 9.29 Å². The maximum atomic E-state index is 10.9. The Bertz CT molecular complexity index is 220. The van der Waals surface area contributed by atoms with Gasteiger partial charge in [-0.2, -0.15) is 0 Å². The van der Waals surface area contributed by atoms with Crippen LogP contribution in [0.25, 0.3) is 0 Å². The van der Waals surface area contributed by atoms with Gasteiger partial charge >= 0.3 is 0 Å². The molecule has 1 heterocycles. The number of carbonyl (C=O) groups is 1. The molecule has 0 spiro atoms. The lowest BCUT2D eigenvalue weighted by molar-refractivity contribution is -0.138. The first-order valence-electron chi connectivity index (χ1n) is 3.50. The fraction of sp³-hybridized carbons (Fsp3) is 0.833. The van der Waals surface area contributed by atoms with Gasteiger partial charge in [0.1, 0.15) is 5.37 Å². The topological polar surface area (TPSA) is 75.6 Å². The van der Waals surface area contributed by atoms with E-state index in [0.717, 1.165) is 0 Å². The lowest BCUT2D eigenvalue weighted by Crippen LogP contribution is -2.63. The molecule has 5 nitrogen and oxygen atoms in total. The number of nitrogens with one attached hydrogen (secondary N) is 1. The molecule has 0 aromatic heterocycles. The fourth-order valence-corrected chi connectivity index (χ4v) is 1.96. The van der Waals surface area contributed by atoms with Crippen molar-refractivity contribution < 1.29 is 18.3 Å². The second kappa shape index (κ2) is 3.51. The first kappa shape index (κ1) is 9.63. The van der Waals surface area contributed by atoms with Gasteiger partial charge in [-0.25, -0.2) is 4.21 Å². The summed E-state index contributed by atoms with van der Waals surface area (Å²) >= 11 is -2.01. The number of amides is 1. The van der Waals surface area contributed by atoms with E-state index in [9.17, 15) is 9.00 Å². The van der Waals surface area contributed by atoms with E-state index in [-0.39, 0.29) is 12.0 Å². The van der Waals surface area contributed by atoms with E-state index in [0.29, 0.717) is 0 Å². The second-order valence-electron chi connectivity index (χ2n) is 2.67. The van der Waals surface area contributed by atoms with Gasteiger partial charge in [0.15, 0.2) is 11.1 Å². The van der Waals surface area contributed by atoms with Crippen molar-refractivity contribution in [3.8, 4) is 0 Å². The summed E-state index contributed by atoms with van der Waals surface area (Å²) in [5.74, 6) is -0.724. The molecule has 0 aliphatic carbocycles. The van der Waals surface area contributed by atoms with Crippen LogP contribution in [0.2, 0.25) is 0 Å². The van der Waals surface area contributed by atoms with Crippen LogP contribution in [0.4, 0.5) is 0 Å². The third-order valence-corrected chi connectivity index (χ3v) is 2.85. The summed E-state index contributed by atoms with van der Waals surface area (Å²) in [5, 5.41) is 1.66. The smallest absolute Gasteiger partial charge is 0.229 e. The van der Waals surface area contributed by atoms with Gasteiger partial charge in [-0.05, 0) is 6.92 Å². The van der Waals surface area contributed by atoms with Crippen molar-refractivity contribution in [1.29, 1.82) is 0 Å². The largest absolute Gasteiger partial charge is 0.381 e. The minimum Gasteiger partial charge on any atom is -0.381 e. The molecule has 4 atom stereocenters. The molecule has 2 N–H and O–H groups in total. The van der Waals surface area contributed by atoms with Crippen molar-refractivity contribution >= 4 is 17.0 Å². The third kappa shape index (κ3) is 1.50. The molecule has 1 aliphatic heterocycles. The minimum absolute atomic E-state index is 0.225. The number of β-lactam (4-membered cyclic amide) rings is 1. The molecule has 0 aromatic carbocycles. The van der Waals surface area contributed by atoms with Gasteiger partial charge < -0.3 is 14.6 Å². The van der Waals surface area contributed by atoms with Gasteiger partial charge in [-0.15, -0.1) is 0 Å². The summed E-state index contributed by atoms with van der Waals surface area (Å²) in [6, 6.07) is 0. The molecule has 0 saturated carbocycles. The fourth-order valence-electron chi connectivity index (χ4n) is 1.15. The molecule has 1 rings (SSSR count). The van der Waals surface area contributed by atoms with Crippen LogP contribution in [0.15, 0.2) is 0 Å². The second-order valence-corrected chi connectivity index (χ2v) is 3.73. The molecule has 1 fully saturated rings. The van der Waals surface area contributed by atoms with Gasteiger partial charge in [0.2, 0.25) is 5.91 Å². The van der Waals surface area contributed by atoms with Gasteiger partial charge in [0.25, 0.3) is 0 Å². The van der Waals surface area contributed by atoms with Crippen molar-refractivity contribution in [3.05, 3.63) is 0 Å². The third-order valence-electron chi connectivity index (χ3n) is 2.01. The van der Waals surface area contributed by atoms with Crippen molar-refractivity contribution in [3.63, 3.8) is 0 Å².